The molecule has 92 valence electrons. The Balaban J connectivity index is 3.51. The molecule has 0 aromatic carbocycles. The van der Waals surface area contributed by atoms with E-state index in [2.05, 4.69) is 17.2 Å². The van der Waals surface area contributed by atoms with Crippen LogP contribution in [0.1, 0.15) is 26.7 Å². The van der Waals surface area contributed by atoms with Gasteiger partial charge in [-0.3, -0.25) is 9.59 Å². The van der Waals surface area contributed by atoms with Gasteiger partial charge in [0.25, 0.3) is 0 Å². The SMILES string of the molecule is C=C(C)C(=O)NCCCNC(=O)C(N)CC. The van der Waals surface area contributed by atoms with Crippen LogP contribution in [0.3, 0.4) is 0 Å². The summed E-state index contributed by atoms with van der Waals surface area (Å²) in [7, 11) is 0. The molecule has 0 bridgehead atoms. The van der Waals surface area contributed by atoms with Crippen molar-refractivity contribution < 1.29 is 9.59 Å². The maximum atomic E-state index is 11.2. The molecular formula is C11H21N3O2. The number of nitrogens with one attached hydrogen (secondary N) is 2. The molecule has 0 spiro atoms. The van der Waals surface area contributed by atoms with E-state index >= 15 is 0 Å². The molecule has 0 aromatic heterocycles. The molecule has 1 unspecified atom stereocenters. The second-order valence-corrected chi connectivity index (χ2v) is 3.70. The zero-order valence-corrected chi connectivity index (χ0v) is 10.0. The fourth-order valence-corrected chi connectivity index (χ4v) is 0.969. The zero-order valence-electron chi connectivity index (χ0n) is 10.0. The Hall–Kier alpha value is -1.36. The summed E-state index contributed by atoms with van der Waals surface area (Å²) in [5.74, 6) is -0.301. The van der Waals surface area contributed by atoms with Crippen molar-refractivity contribution in [1.29, 1.82) is 0 Å². The summed E-state index contributed by atoms with van der Waals surface area (Å²) >= 11 is 0. The van der Waals surface area contributed by atoms with Crippen LogP contribution < -0.4 is 16.4 Å². The fraction of sp³-hybridized carbons (Fsp3) is 0.636. The van der Waals surface area contributed by atoms with Crippen LogP contribution in [0.5, 0.6) is 0 Å². The summed E-state index contributed by atoms with van der Waals surface area (Å²) in [4.78, 5) is 22.3. The zero-order chi connectivity index (χ0) is 12.6. The van der Waals surface area contributed by atoms with Gasteiger partial charge in [0.05, 0.1) is 6.04 Å². The van der Waals surface area contributed by atoms with Gasteiger partial charge in [-0.05, 0) is 19.8 Å². The number of rotatable bonds is 7. The van der Waals surface area contributed by atoms with Crippen LogP contribution in [-0.4, -0.2) is 30.9 Å². The van der Waals surface area contributed by atoms with E-state index < -0.39 is 6.04 Å². The van der Waals surface area contributed by atoms with Crippen LogP contribution in [0.15, 0.2) is 12.2 Å². The van der Waals surface area contributed by atoms with Gasteiger partial charge in [-0.25, -0.2) is 0 Å². The average molecular weight is 227 g/mol. The third-order valence-corrected chi connectivity index (χ3v) is 2.10. The smallest absolute Gasteiger partial charge is 0.246 e. The second kappa shape index (κ2) is 7.87. The minimum atomic E-state index is -0.440. The van der Waals surface area contributed by atoms with Crippen LogP contribution in [0.2, 0.25) is 0 Å². The average Bonchev–Trinajstić information content (AvgIpc) is 2.26. The fourth-order valence-electron chi connectivity index (χ4n) is 0.969. The van der Waals surface area contributed by atoms with Crippen molar-refractivity contribution in [3.63, 3.8) is 0 Å². The Morgan fingerprint density at radius 3 is 2.38 bits per heavy atom. The Kier molecular flexibility index (Phi) is 7.20. The highest BCUT2D eigenvalue weighted by Gasteiger charge is 2.09. The normalized spacial score (nSPS) is 11.7. The minimum Gasteiger partial charge on any atom is -0.355 e. The molecule has 0 aromatic rings. The number of hydrogen-bond donors (Lipinski definition) is 3. The van der Waals surface area contributed by atoms with Gasteiger partial charge < -0.3 is 16.4 Å². The summed E-state index contributed by atoms with van der Waals surface area (Å²) in [5.41, 5.74) is 6.01. The molecule has 0 aliphatic rings. The molecule has 16 heavy (non-hydrogen) atoms. The highest BCUT2D eigenvalue weighted by Crippen LogP contribution is 1.87. The summed E-state index contributed by atoms with van der Waals surface area (Å²) < 4.78 is 0. The Morgan fingerprint density at radius 1 is 1.31 bits per heavy atom. The lowest BCUT2D eigenvalue weighted by Crippen LogP contribution is -2.41. The first-order valence-corrected chi connectivity index (χ1v) is 5.46. The van der Waals surface area contributed by atoms with Crippen molar-refractivity contribution in [2.75, 3.05) is 13.1 Å². The predicted molar refractivity (Wildman–Crippen MR) is 63.7 cm³/mol. The molecule has 0 heterocycles. The van der Waals surface area contributed by atoms with Crippen LogP contribution in [-0.2, 0) is 9.59 Å². The highest BCUT2D eigenvalue weighted by molar-refractivity contribution is 5.92. The van der Waals surface area contributed by atoms with Gasteiger partial charge >= 0.3 is 0 Å². The van der Waals surface area contributed by atoms with E-state index in [-0.39, 0.29) is 11.8 Å². The Bertz CT molecular complexity index is 264. The lowest BCUT2D eigenvalue weighted by Gasteiger charge is -2.10. The summed E-state index contributed by atoms with van der Waals surface area (Å²) in [6.07, 6.45) is 1.30. The van der Waals surface area contributed by atoms with Crippen molar-refractivity contribution in [3.05, 3.63) is 12.2 Å². The predicted octanol–water partition coefficient (Wildman–Crippen LogP) is -0.0777. The number of carbonyl (C=O) groups excluding carboxylic acids is 2. The van der Waals surface area contributed by atoms with E-state index in [1.54, 1.807) is 6.92 Å². The lowest BCUT2D eigenvalue weighted by molar-refractivity contribution is -0.122. The monoisotopic (exact) mass is 227 g/mol. The quantitative estimate of drug-likeness (QED) is 0.420. The summed E-state index contributed by atoms with van der Waals surface area (Å²) in [5, 5.41) is 5.38. The molecule has 0 radical (unpaired) electrons. The van der Waals surface area contributed by atoms with E-state index in [9.17, 15) is 9.59 Å². The Labute approximate surface area is 96.5 Å². The molecule has 5 nitrogen and oxygen atoms in total. The van der Waals surface area contributed by atoms with E-state index in [1.165, 1.54) is 0 Å². The van der Waals surface area contributed by atoms with Gasteiger partial charge in [0.1, 0.15) is 0 Å². The molecule has 5 heteroatoms. The van der Waals surface area contributed by atoms with Crippen molar-refractivity contribution >= 4 is 11.8 Å². The van der Waals surface area contributed by atoms with E-state index in [0.29, 0.717) is 31.5 Å². The molecule has 1 atom stereocenters. The standard InChI is InChI=1S/C11H21N3O2/c1-4-9(12)11(16)14-7-5-6-13-10(15)8(2)3/h9H,2,4-7,12H2,1,3H3,(H,13,15)(H,14,16). The number of hydrogen-bond acceptors (Lipinski definition) is 3. The van der Waals surface area contributed by atoms with Gasteiger partial charge in [0, 0.05) is 18.7 Å². The minimum absolute atomic E-state index is 0.145. The third-order valence-electron chi connectivity index (χ3n) is 2.10. The van der Waals surface area contributed by atoms with Crippen LogP contribution in [0.25, 0.3) is 0 Å². The van der Waals surface area contributed by atoms with Gasteiger partial charge in [0.2, 0.25) is 11.8 Å². The molecule has 0 aliphatic carbocycles. The summed E-state index contributed by atoms with van der Waals surface area (Å²) in [6.45, 7) is 8.06. The van der Waals surface area contributed by atoms with Gasteiger partial charge in [-0.2, -0.15) is 0 Å². The van der Waals surface area contributed by atoms with E-state index in [4.69, 9.17) is 5.73 Å². The molecular weight excluding hydrogens is 206 g/mol. The maximum Gasteiger partial charge on any atom is 0.246 e. The van der Waals surface area contributed by atoms with Crippen LogP contribution >= 0.6 is 0 Å². The second-order valence-electron chi connectivity index (χ2n) is 3.70. The molecule has 4 N–H and O–H groups in total. The third kappa shape index (κ3) is 6.19. The van der Waals surface area contributed by atoms with Crippen LogP contribution in [0, 0.1) is 0 Å². The van der Waals surface area contributed by atoms with Gasteiger partial charge in [0.15, 0.2) is 0 Å². The number of amides is 2. The molecule has 0 saturated carbocycles. The summed E-state index contributed by atoms with van der Waals surface area (Å²) in [6, 6.07) is -0.440. The first kappa shape index (κ1) is 14.6. The van der Waals surface area contributed by atoms with Crippen LogP contribution in [0.4, 0.5) is 0 Å². The van der Waals surface area contributed by atoms with E-state index in [0.717, 1.165) is 0 Å². The van der Waals surface area contributed by atoms with E-state index in [1.807, 2.05) is 6.92 Å². The molecule has 2 amide bonds. The maximum absolute atomic E-state index is 11.2. The molecule has 0 aliphatic heterocycles. The topological polar surface area (TPSA) is 84.2 Å². The molecule has 0 fully saturated rings. The number of nitrogens with two attached hydrogens (primary N) is 1. The van der Waals surface area contributed by atoms with Crippen molar-refractivity contribution in [1.82, 2.24) is 10.6 Å². The van der Waals surface area contributed by atoms with Crippen molar-refractivity contribution in [3.8, 4) is 0 Å². The molecule has 0 saturated heterocycles. The first-order valence-electron chi connectivity index (χ1n) is 5.46. The molecule has 0 rings (SSSR count). The van der Waals surface area contributed by atoms with Crippen molar-refractivity contribution in [2.45, 2.75) is 32.7 Å². The first-order chi connectivity index (χ1) is 7.49. The highest BCUT2D eigenvalue weighted by atomic mass is 16.2. The van der Waals surface area contributed by atoms with Gasteiger partial charge in [-0.1, -0.05) is 13.5 Å². The lowest BCUT2D eigenvalue weighted by atomic mass is 10.2. The number of carbonyl (C=O) groups is 2. The Morgan fingerprint density at radius 2 is 1.88 bits per heavy atom. The van der Waals surface area contributed by atoms with Crippen molar-refractivity contribution in [2.24, 2.45) is 5.73 Å². The largest absolute Gasteiger partial charge is 0.355 e. The van der Waals surface area contributed by atoms with Gasteiger partial charge in [-0.15, -0.1) is 0 Å².